The summed E-state index contributed by atoms with van der Waals surface area (Å²) in [6.07, 6.45) is 26.3. The number of ether oxygens (including phenoxy) is 1. The Kier molecular flexibility index (Phi) is 30.4. The van der Waals surface area contributed by atoms with Crippen LogP contribution in [0.3, 0.4) is 0 Å². The van der Waals surface area contributed by atoms with Crippen molar-refractivity contribution in [2.75, 3.05) is 19.8 Å². The summed E-state index contributed by atoms with van der Waals surface area (Å²) in [7, 11) is -4.95. The van der Waals surface area contributed by atoms with Crippen LogP contribution >= 0.6 is 7.82 Å². The lowest BCUT2D eigenvalue weighted by Crippen LogP contribution is -2.62. The number of carbonyl (C=O) groups is 1. The summed E-state index contributed by atoms with van der Waals surface area (Å²) in [5.41, 5.74) is 0. The average molecular weight is 781 g/mol. The molecule has 0 amide bonds. The largest absolute Gasteiger partial charge is 0.472 e. The van der Waals surface area contributed by atoms with Gasteiger partial charge in [0.15, 0.2) is 0 Å². The third-order valence-corrected chi connectivity index (χ3v) is 11.2. The summed E-state index contributed by atoms with van der Waals surface area (Å²) >= 11 is 0. The van der Waals surface area contributed by atoms with Crippen molar-refractivity contribution >= 4 is 13.8 Å². The van der Waals surface area contributed by atoms with Gasteiger partial charge in [-0.1, -0.05) is 147 Å². The Bertz CT molecular complexity index is 953. The van der Waals surface area contributed by atoms with Gasteiger partial charge in [0.25, 0.3) is 0 Å². The maximum atomic E-state index is 12.3. The first-order valence-electron chi connectivity index (χ1n) is 21.0. The molecule has 0 radical (unpaired) electrons. The highest BCUT2D eigenvalue weighted by molar-refractivity contribution is 7.47. The Hall–Kier alpha value is -0.920. The van der Waals surface area contributed by atoms with Crippen LogP contribution in [0.5, 0.6) is 0 Å². The number of unbranched alkanes of at least 4 members (excludes halogenated alkanes) is 23. The van der Waals surface area contributed by atoms with Crippen LogP contribution in [0.1, 0.15) is 174 Å². The van der Waals surface area contributed by atoms with Crippen LogP contribution in [0.2, 0.25) is 0 Å². The number of carbonyl (C=O) groups excluding carboxylic acids is 1. The molecule has 1 fully saturated rings. The minimum atomic E-state index is -4.95. The Labute approximate surface area is 320 Å². The molecule has 0 aromatic heterocycles. The fourth-order valence-electron chi connectivity index (χ4n) is 6.79. The van der Waals surface area contributed by atoms with E-state index in [-0.39, 0.29) is 6.42 Å². The maximum Gasteiger partial charge on any atom is 0.472 e. The fraction of sp³-hybridized carbons (Fsp3) is 0.925. The van der Waals surface area contributed by atoms with E-state index in [1.54, 1.807) is 0 Å². The van der Waals surface area contributed by atoms with Crippen molar-refractivity contribution < 1.29 is 58.7 Å². The van der Waals surface area contributed by atoms with E-state index in [2.05, 4.69) is 19.1 Å². The fourth-order valence-corrected chi connectivity index (χ4v) is 7.80. The lowest BCUT2D eigenvalue weighted by molar-refractivity contribution is -0.206. The van der Waals surface area contributed by atoms with Gasteiger partial charge in [-0.05, 0) is 32.1 Å². The molecule has 0 aromatic carbocycles. The first-order chi connectivity index (χ1) is 25.5. The molecule has 7 N–H and O–H groups in total. The second-order valence-electron chi connectivity index (χ2n) is 15.1. The van der Waals surface area contributed by atoms with Crippen LogP contribution in [0.4, 0.5) is 0 Å². The second kappa shape index (κ2) is 32.2. The first kappa shape index (κ1) is 50.1. The average Bonchev–Trinajstić information content (AvgIpc) is 3.14. The van der Waals surface area contributed by atoms with Crippen LogP contribution < -0.4 is 0 Å². The van der Waals surface area contributed by atoms with Crippen molar-refractivity contribution in [1.82, 2.24) is 0 Å². The molecule has 1 aliphatic rings. The van der Waals surface area contributed by atoms with E-state index in [9.17, 15) is 44.9 Å². The predicted molar refractivity (Wildman–Crippen MR) is 207 cm³/mol. The van der Waals surface area contributed by atoms with Gasteiger partial charge in [-0.25, -0.2) is 4.57 Å². The van der Waals surface area contributed by atoms with Gasteiger partial charge in [0.05, 0.1) is 19.3 Å². The number of esters is 1. The summed E-state index contributed by atoms with van der Waals surface area (Å²) in [4.78, 5) is 22.0. The van der Waals surface area contributed by atoms with Gasteiger partial charge in [0, 0.05) is 12.3 Å². The molecule has 1 rings (SSSR count). The van der Waals surface area contributed by atoms with E-state index in [0.29, 0.717) is 6.42 Å². The molecule has 53 heavy (non-hydrogen) atoms. The van der Waals surface area contributed by atoms with E-state index >= 15 is 0 Å². The minimum Gasteiger partial charge on any atom is -0.463 e. The Morgan fingerprint density at radius 1 is 0.623 bits per heavy atom. The first-order valence-corrected chi connectivity index (χ1v) is 22.5. The van der Waals surface area contributed by atoms with Gasteiger partial charge in [-0.3, -0.25) is 13.8 Å². The molecular weight excluding hydrogens is 703 g/mol. The van der Waals surface area contributed by atoms with Gasteiger partial charge in [0.1, 0.15) is 37.1 Å². The molecule has 0 aliphatic heterocycles. The van der Waals surface area contributed by atoms with Crippen LogP contribution in [0.25, 0.3) is 0 Å². The van der Waals surface area contributed by atoms with Crippen molar-refractivity contribution in [1.29, 1.82) is 0 Å². The molecule has 0 heterocycles. The molecule has 314 valence electrons. The van der Waals surface area contributed by atoms with Gasteiger partial charge < -0.3 is 40.3 Å². The smallest absolute Gasteiger partial charge is 0.463 e. The van der Waals surface area contributed by atoms with Crippen molar-refractivity contribution in [3.8, 4) is 0 Å². The van der Waals surface area contributed by atoms with E-state index in [4.69, 9.17) is 13.8 Å². The highest BCUT2D eigenvalue weighted by atomic mass is 31.2. The quantitative estimate of drug-likeness (QED) is 0.0148. The monoisotopic (exact) mass is 781 g/mol. The van der Waals surface area contributed by atoms with E-state index in [0.717, 1.165) is 19.3 Å². The van der Waals surface area contributed by atoms with Crippen molar-refractivity contribution in [3.05, 3.63) is 12.2 Å². The SMILES string of the molecule is CCCCCCCC/C=C\CCCCCCCCCCCCCCCCCCCC(=O)OC[C@H](O)COP(=O)(O)O[C@H]1C(O)C(O)[C@H](O)C(O)C1CO. The van der Waals surface area contributed by atoms with Crippen molar-refractivity contribution in [2.45, 2.75) is 210 Å². The molecule has 0 bridgehead atoms. The number of phosphoric acid groups is 1. The van der Waals surface area contributed by atoms with Gasteiger partial charge >= 0.3 is 13.8 Å². The zero-order valence-electron chi connectivity index (χ0n) is 32.8. The summed E-state index contributed by atoms with van der Waals surface area (Å²) in [6.45, 7) is 0.222. The normalized spacial score (nSPS) is 23.7. The standard InChI is InChI=1S/C40H77O12P/c1-2-3-4-5-6-7-8-9-10-11-12-13-14-15-16-17-18-19-20-21-22-23-24-25-26-27-28-29-35(43)50-31-33(42)32-51-53(48,49)52-40-34(30-41)36(44)37(45)38(46)39(40)47/h9-10,33-34,36-42,44-47H,2-8,11-32H2,1H3,(H,48,49)/b10-9-/t33-,34?,36?,37+,38?,39?,40+/m0/s1. The minimum absolute atomic E-state index is 0.199. The molecule has 13 heteroatoms. The molecule has 0 saturated heterocycles. The third-order valence-electron chi connectivity index (χ3n) is 10.2. The molecule has 0 spiro atoms. The molecule has 1 aliphatic carbocycles. The summed E-state index contributed by atoms with van der Waals surface area (Å²) in [5, 5.41) is 59.2. The topological polar surface area (TPSA) is 203 Å². The zero-order valence-corrected chi connectivity index (χ0v) is 33.7. The lowest BCUT2D eigenvalue weighted by atomic mass is 9.79. The molecular formula is C40H77O12P. The number of phosphoric ester groups is 1. The third kappa shape index (κ3) is 25.1. The molecule has 8 atom stereocenters. The summed E-state index contributed by atoms with van der Waals surface area (Å²) in [6, 6.07) is 0. The maximum absolute atomic E-state index is 12.3. The number of hydrogen-bond acceptors (Lipinski definition) is 11. The Balaban J connectivity index is 1.90. The van der Waals surface area contributed by atoms with Crippen molar-refractivity contribution in [3.63, 3.8) is 0 Å². The van der Waals surface area contributed by atoms with Gasteiger partial charge in [-0.2, -0.15) is 0 Å². The Morgan fingerprint density at radius 3 is 1.49 bits per heavy atom. The molecule has 5 unspecified atom stereocenters. The number of allylic oxidation sites excluding steroid dienone is 2. The number of aliphatic hydroxyl groups excluding tert-OH is 6. The van der Waals surface area contributed by atoms with Crippen LogP contribution in [-0.4, -0.2) is 97.9 Å². The molecule has 12 nitrogen and oxygen atoms in total. The van der Waals surface area contributed by atoms with E-state index in [1.165, 1.54) is 135 Å². The molecule has 0 aromatic rings. The van der Waals surface area contributed by atoms with Crippen molar-refractivity contribution in [2.24, 2.45) is 5.92 Å². The van der Waals surface area contributed by atoms with Crippen LogP contribution in [-0.2, 0) is 23.1 Å². The molecule has 1 saturated carbocycles. The Morgan fingerprint density at radius 2 is 1.04 bits per heavy atom. The number of hydrogen-bond donors (Lipinski definition) is 7. The highest BCUT2D eigenvalue weighted by Gasteiger charge is 2.51. The van der Waals surface area contributed by atoms with Gasteiger partial charge in [0.2, 0.25) is 0 Å². The van der Waals surface area contributed by atoms with E-state index in [1.807, 2.05) is 0 Å². The summed E-state index contributed by atoms with van der Waals surface area (Å²) in [5.74, 6) is -1.89. The van der Waals surface area contributed by atoms with E-state index < -0.39 is 76.2 Å². The second-order valence-corrected chi connectivity index (χ2v) is 16.5. The zero-order chi connectivity index (χ0) is 39.2. The summed E-state index contributed by atoms with van der Waals surface area (Å²) < 4.78 is 26.9. The lowest BCUT2D eigenvalue weighted by Gasteiger charge is -2.43. The highest BCUT2D eigenvalue weighted by Crippen LogP contribution is 2.48. The number of rotatable bonds is 35. The number of aliphatic hydroxyl groups is 6. The predicted octanol–water partition coefficient (Wildman–Crippen LogP) is 7.18. The van der Waals surface area contributed by atoms with Crippen LogP contribution in [0, 0.1) is 5.92 Å². The van der Waals surface area contributed by atoms with Gasteiger partial charge in [-0.15, -0.1) is 0 Å². The van der Waals surface area contributed by atoms with Crippen LogP contribution in [0.15, 0.2) is 12.2 Å².